The van der Waals surface area contributed by atoms with Crippen LogP contribution in [0.2, 0.25) is 0 Å². The Morgan fingerprint density at radius 1 is 1.25 bits per heavy atom. The van der Waals surface area contributed by atoms with Crippen LogP contribution < -0.4 is 5.32 Å². The van der Waals surface area contributed by atoms with Gasteiger partial charge in [-0.3, -0.25) is 0 Å². The van der Waals surface area contributed by atoms with Crippen molar-refractivity contribution in [3.63, 3.8) is 0 Å². The van der Waals surface area contributed by atoms with Gasteiger partial charge in [-0.15, -0.1) is 0 Å². The number of hydrogen-bond donors (Lipinski definition) is 1. The zero-order valence-corrected chi connectivity index (χ0v) is 13.5. The summed E-state index contributed by atoms with van der Waals surface area (Å²) in [5.41, 5.74) is 0. The van der Waals surface area contributed by atoms with Crippen molar-refractivity contribution in [2.24, 2.45) is 5.92 Å². The summed E-state index contributed by atoms with van der Waals surface area (Å²) in [7, 11) is -3.14. The van der Waals surface area contributed by atoms with E-state index in [-0.39, 0.29) is 11.9 Å². The zero-order chi connectivity index (χ0) is 14.6. The first-order chi connectivity index (χ1) is 9.49. The molecule has 2 aliphatic rings. The average Bonchev–Trinajstić information content (AvgIpc) is 2.92. The highest BCUT2D eigenvalue weighted by atomic mass is 32.2. The van der Waals surface area contributed by atoms with E-state index in [9.17, 15) is 8.42 Å². The van der Waals surface area contributed by atoms with Gasteiger partial charge in [0.2, 0.25) is 10.0 Å². The van der Waals surface area contributed by atoms with Gasteiger partial charge < -0.3 is 10.1 Å². The summed E-state index contributed by atoms with van der Waals surface area (Å²) < 4.78 is 31.5. The summed E-state index contributed by atoms with van der Waals surface area (Å²) in [4.78, 5) is 0. The molecular formula is C14H28N2O3S. The fourth-order valence-corrected chi connectivity index (χ4v) is 4.52. The lowest BCUT2D eigenvalue weighted by Crippen LogP contribution is -2.44. The number of nitrogens with one attached hydrogen (secondary N) is 1. The Morgan fingerprint density at radius 3 is 2.50 bits per heavy atom. The van der Waals surface area contributed by atoms with Crippen LogP contribution in [0.3, 0.4) is 0 Å². The van der Waals surface area contributed by atoms with Crippen LogP contribution >= 0.6 is 0 Å². The molecule has 118 valence electrons. The van der Waals surface area contributed by atoms with E-state index in [0.29, 0.717) is 31.7 Å². The van der Waals surface area contributed by atoms with Gasteiger partial charge in [-0.05, 0) is 52.0 Å². The van der Waals surface area contributed by atoms with Gasteiger partial charge in [-0.25, -0.2) is 12.7 Å². The van der Waals surface area contributed by atoms with Crippen LogP contribution in [0.5, 0.6) is 0 Å². The van der Waals surface area contributed by atoms with E-state index >= 15 is 0 Å². The molecule has 0 radical (unpaired) electrons. The van der Waals surface area contributed by atoms with Crippen molar-refractivity contribution in [3.05, 3.63) is 0 Å². The quantitative estimate of drug-likeness (QED) is 0.801. The predicted octanol–water partition coefficient (Wildman–Crippen LogP) is 1.21. The number of piperidine rings is 1. The van der Waals surface area contributed by atoms with Crippen LogP contribution in [0.4, 0.5) is 0 Å². The molecule has 20 heavy (non-hydrogen) atoms. The average molecular weight is 304 g/mol. The summed E-state index contributed by atoms with van der Waals surface area (Å²) in [5, 5.41) is 3.54. The van der Waals surface area contributed by atoms with E-state index < -0.39 is 10.0 Å². The molecule has 2 aliphatic heterocycles. The number of nitrogens with zero attached hydrogens (tertiary/aromatic N) is 1. The highest BCUT2D eigenvalue weighted by molar-refractivity contribution is 7.89. The molecule has 2 heterocycles. The predicted molar refractivity (Wildman–Crippen MR) is 80.2 cm³/mol. The van der Waals surface area contributed by atoms with Crippen LogP contribution in [0, 0.1) is 5.92 Å². The molecular weight excluding hydrogens is 276 g/mol. The zero-order valence-electron chi connectivity index (χ0n) is 12.7. The third kappa shape index (κ3) is 4.41. The second-order valence-electron chi connectivity index (χ2n) is 6.17. The van der Waals surface area contributed by atoms with Crippen molar-refractivity contribution in [3.8, 4) is 0 Å². The minimum absolute atomic E-state index is 0.0874. The molecule has 5 nitrogen and oxygen atoms in total. The van der Waals surface area contributed by atoms with Crippen LogP contribution in [0.1, 0.15) is 39.5 Å². The van der Waals surface area contributed by atoms with Gasteiger partial charge in [0.15, 0.2) is 0 Å². The molecule has 1 atom stereocenters. The van der Waals surface area contributed by atoms with Gasteiger partial charge in [-0.1, -0.05) is 0 Å². The normalized spacial score (nSPS) is 26.4. The lowest BCUT2D eigenvalue weighted by molar-refractivity contribution is 0.0904. The molecule has 2 fully saturated rings. The van der Waals surface area contributed by atoms with Gasteiger partial charge in [0.25, 0.3) is 0 Å². The minimum Gasteiger partial charge on any atom is -0.378 e. The van der Waals surface area contributed by atoms with E-state index in [1.807, 2.05) is 13.8 Å². The smallest absolute Gasteiger partial charge is 0.216 e. The molecule has 2 saturated heterocycles. The maximum atomic E-state index is 12.2. The first kappa shape index (κ1) is 16.2. The molecule has 0 aromatic rings. The van der Waals surface area contributed by atoms with Crippen molar-refractivity contribution >= 4 is 10.0 Å². The Bertz CT molecular complexity index is 383. The lowest BCUT2D eigenvalue weighted by Gasteiger charge is -2.34. The summed E-state index contributed by atoms with van der Waals surface area (Å²) >= 11 is 0. The number of ether oxygens (including phenoxy) is 1. The molecule has 0 aromatic carbocycles. The molecule has 6 heteroatoms. The third-order valence-corrected chi connectivity index (χ3v) is 6.19. The Labute approximate surface area is 123 Å². The van der Waals surface area contributed by atoms with Gasteiger partial charge in [0.1, 0.15) is 0 Å². The molecule has 0 saturated carbocycles. The van der Waals surface area contributed by atoms with Crippen molar-refractivity contribution in [1.29, 1.82) is 0 Å². The summed E-state index contributed by atoms with van der Waals surface area (Å²) in [6.45, 7) is 6.61. The summed E-state index contributed by atoms with van der Waals surface area (Å²) in [5.74, 6) is 0.758. The largest absolute Gasteiger partial charge is 0.378 e. The fraction of sp³-hybridized carbons (Fsp3) is 1.00. The first-order valence-corrected chi connectivity index (χ1v) is 9.43. The maximum Gasteiger partial charge on any atom is 0.216 e. The van der Waals surface area contributed by atoms with E-state index in [2.05, 4.69) is 5.32 Å². The molecule has 1 N–H and O–H groups in total. The maximum absolute atomic E-state index is 12.2. The number of rotatable bonds is 6. The molecule has 0 spiro atoms. The van der Waals surface area contributed by atoms with E-state index in [1.165, 1.54) is 12.8 Å². The second-order valence-corrected chi connectivity index (χ2v) is 8.26. The standard InChI is InChI=1S/C14H28N2O3S/c1-12(2)19-10-11-20(17,18)16-8-5-13(6-9-16)14-4-3-7-15-14/h12-15H,3-11H2,1-2H3. The SMILES string of the molecule is CC(C)OCCS(=O)(=O)N1CCC(C2CCCN2)CC1. The monoisotopic (exact) mass is 304 g/mol. The molecule has 2 rings (SSSR count). The third-order valence-electron chi connectivity index (χ3n) is 4.35. The van der Waals surface area contributed by atoms with E-state index in [0.717, 1.165) is 19.4 Å². The highest BCUT2D eigenvalue weighted by Crippen LogP contribution is 2.26. The Hall–Kier alpha value is -0.170. The molecule has 0 aromatic heterocycles. The van der Waals surface area contributed by atoms with Gasteiger partial charge in [0.05, 0.1) is 18.5 Å². The van der Waals surface area contributed by atoms with E-state index in [1.54, 1.807) is 4.31 Å². The van der Waals surface area contributed by atoms with Crippen molar-refractivity contribution in [1.82, 2.24) is 9.62 Å². The summed E-state index contributed by atoms with van der Waals surface area (Å²) in [6.07, 6.45) is 4.57. The van der Waals surface area contributed by atoms with Gasteiger partial charge in [0, 0.05) is 19.1 Å². The van der Waals surface area contributed by atoms with Crippen LogP contribution in [-0.2, 0) is 14.8 Å². The lowest BCUT2D eigenvalue weighted by atomic mass is 9.89. The first-order valence-electron chi connectivity index (χ1n) is 7.82. The Morgan fingerprint density at radius 2 is 1.95 bits per heavy atom. The van der Waals surface area contributed by atoms with Crippen LogP contribution in [-0.4, -0.2) is 56.9 Å². The summed E-state index contributed by atoms with van der Waals surface area (Å²) in [6, 6.07) is 0.615. The van der Waals surface area contributed by atoms with Crippen molar-refractivity contribution < 1.29 is 13.2 Å². The van der Waals surface area contributed by atoms with Gasteiger partial charge in [-0.2, -0.15) is 0 Å². The molecule has 0 bridgehead atoms. The fourth-order valence-electron chi connectivity index (χ4n) is 3.19. The Kier molecular flexibility index (Phi) is 5.84. The highest BCUT2D eigenvalue weighted by Gasteiger charge is 2.32. The van der Waals surface area contributed by atoms with Crippen molar-refractivity contribution in [2.75, 3.05) is 32.0 Å². The molecule has 0 aliphatic carbocycles. The van der Waals surface area contributed by atoms with Crippen LogP contribution in [0.15, 0.2) is 0 Å². The minimum atomic E-state index is -3.14. The number of hydrogen-bond acceptors (Lipinski definition) is 4. The molecule has 1 unspecified atom stereocenters. The second kappa shape index (κ2) is 7.20. The Balaban J connectivity index is 1.77. The topological polar surface area (TPSA) is 58.6 Å². The van der Waals surface area contributed by atoms with E-state index in [4.69, 9.17) is 4.74 Å². The number of sulfonamides is 1. The van der Waals surface area contributed by atoms with Crippen LogP contribution in [0.25, 0.3) is 0 Å². The van der Waals surface area contributed by atoms with Crippen molar-refractivity contribution in [2.45, 2.75) is 51.7 Å². The van der Waals surface area contributed by atoms with Gasteiger partial charge >= 0.3 is 0 Å². The molecule has 0 amide bonds.